The van der Waals surface area contributed by atoms with E-state index in [1.54, 1.807) is 0 Å². The van der Waals surface area contributed by atoms with Gasteiger partial charge in [-0.15, -0.1) is 0 Å². The molecule has 0 amide bonds. The fourth-order valence-corrected chi connectivity index (χ4v) is 2.95. The number of nitrogen functional groups attached to an aromatic ring is 1. The van der Waals surface area contributed by atoms with Gasteiger partial charge in [0.2, 0.25) is 0 Å². The van der Waals surface area contributed by atoms with Crippen molar-refractivity contribution in [2.24, 2.45) is 11.8 Å². The van der Waals surface area contributed by atoms with Crippen LogP contribution in [0.25, 0.3) is 0 Å². The molecule has 0 aliphatic heterocycles. The molecule has 2 unspecified atom stereocenters. The van der Waals surface area contributed by atoms with Crippen molar-refractivity contribution in [2.75, 3.05) is 11.1 Å². The van der Waals surface area contributed by atoms with Crippen molar-refractivity contribution < 1.29 is 0 Å². The molecule has 1 aromatic rings. The maximum Gasteiger partial charge on any atom is 0.150 e. The van der Waals surface area contributed by atoms with Gasteiger partial charge in [0.25, 0.3) is 0 Å². The Morgan fingerprint density at radius 3 is 2.78 bits per heavy atom. The summed E-state index contributed by atoms with van der Waals surface area (Å²) in [7, 11) is 0. The van der Waals surface area contributed by atoms with Crippen LogP contribution >= 0.6 is 11.6 Å². The Balaban J connectivity index is 2.13. The van der Waals surface area contributed by atoms with Gasteiger partial charge in [-0.1, -0.05) is 38.3 Å². The van der Waals surface area contributed by atoms with Gasteiger partial charge in [-0.2, -0.15) is 0 Å². The average molecular weight is 269 g/mol. The molecule has 0 spiro atoms. The van der Waals surface area contributed by atoms with Gasteiger partial charge >= 0.3 is 0 Å². The average Bonchev–Trinajstić information content (AvgIpc) is 2.35. The molecule has 5 heteroatoms. The third-order valence-corrected chi connectivity index (χ3v) is 4.19. The zero-order valence-electron chi connectivity index (χ0n) is 11.0. The van der Waals surface area contributed by atoms with Crippen LogP contribution in [-0.4, -0.2) is 16.0 Å². The largest absolute Gasteiger partial charge is 0.382 e. The standard InChI is InChI=1S/C13H21ClN4/c1-8(2)9-5-3-4-6-10(9)18-13-11(14)12(15)16-7-17-13/h7-10H,3-6H2,1-2H3,(H3,15,16,17,18). The Bertz CT molecular complexity index is 408. The third-order valence-electron chi connectivity index (χ3n) is 3.81. The molecule has 100 valence electrons. The van der Waals surface area contributed by atoms with Crippen molar-refractivity contribution in [3.63, 3.8) is 0 Å². The molecular weight excluding hydrogens is 248 g/mol. The predicted molar refractivity (Wildman–Crippen MR) is 75.7 cm³/mol. The zero-order chi connectivity index (χ0) is 13.1. The van der Waals surface area contributed by atoms with E-state index in [-0.39, 0.29) is 0 Å². The predicted octanol–water partition coefficient (Wildman–Crippen LogP) is 3.34. The smallest absolute Gasteiger partial charge is 0.150 e. The Kier molecular flexibility index (Phi) is 4.27. The summed E-state index contributed by atoms with van der Waals surface area (Å²) in [6, 6.07) is 0.436. The molecule has 1 aliphatic carbocycles. The summed E-state index contributed by atoms with van der Waals surface area (Å²) in [6.45, 7) is 4.56. The van der Waals surface area contributed by atoms with Crippen LogP contribution < -0.4 is 11.1 Å². The van der Waals surface area contributed by atoms with E-state index < -0.39 is 0 Å². The van der Waals surface area contributed by atoms with Gasteiger partial charge < -0.3 is 11.1 Å². The number of hydrogen-bond donors (Lipinski definition) is 2. The summed E-state index contributed by atoms with van der Waals surface area (Å²) in [5.41, 5.74) is 5.70. The molecule has 4 nitrogen and oxygen atoms in total. The van der Waals surface area contributed by atoms with Gasteiger partial charge in [0, 0.05) is 6.04 Å². The van der Waals surface area contributed by atoms with Gasteiger partial charge in [-0.05, 0) is 24.7 Å². The minimum absolute atomic E-state index is 0.339. The SMILES string of the molecule is CC(C)C1CCCCC1Nc1ncnc(N)c1Cl. The van der Waals surface area contributed by atoms with E-state index in [0.29, 0.717) is 34.5 Å². The topological polar surface area (TPSA) is 63.8 Å². The second-order valence-corrected chi connectivity index (χ2v) is 5.74. The highest BCUT2D eigenvalue weighted by Gasteiger charge is 2.28. The van der Waals surface area contributed by atoms with E-state index in [2.05, 4.69) is 29.1 Å². The number of nitrogens with two attached hydrogens (primary N) is 1. The summed E-state index contributed by atoms with van der Waals surface area (Å²) >= 11 is 6.13. The molecule has 1 fully saturated rings. The van der Waals surface area contributed by atoms with Crippen molar-refractivity contribution in [1.29, 1.82) is 0 Å². The number of anilines is 2. The molecule has 0 aromatic carbocycles. The van der Waals surface area contributed by atoms with Crippen LogP contribution in [0.3, 0.4) is 0 Å². The van der Waals surface area contributed by atoms with E-state index in [1.807, 2.05) is 0 Å². The van der Waals surface area contributed by atoms with Gasteiger partial charge in [0.05, 0.1) is 0 Å². The molecule has 3 N–H and O–H groups in total. The molecule has 0 bridgehead atoms. The van der Waals surface area contributed by atoms with Crippen LogP contribution in [0.2, 0.25) is 5.02 Å². The molecule has 18 heavy (non-hydrogen) atoms. The van der Waals surface area contributed by atoms with Gasteiger partial charge in [-0.3, -0.25) is 0 Å². The van der Waals surface area contributed by atoms with E-state index in [0.717, 1.165) is 0 Å². The van der Waals surface area contributed by atoms with Crippen molar-refractivity contribution >= 4 is 23.2 Å². The maximum atomic E-state index is 6.13. The number of nitrogens with zero attached hydrogens (tertiary/aromatic N) is 2. The van der Waals surface area contributed by atoms with Gasteiger partial charge in [0.15, 0.2) is 5.82 Å². The van der Waals surface area contributed by atoms with E-state index >= 15 is 0 Å². The molecule has 0 saturated heterocycles. The fraction of sp³-hybridized carbons (Fsp3) is 0.692. The van der Waals surface area contributed by atoms with E-state index in [9.17, 15) is 0 Å². The molecule has 1 aliphatic rings. The number of rotatable bonds is 3. The van der Waals surface area contributed by atoms with Crippen LogP contribution in [0.1, 0.15) is 39.5 Å². The molecule has 1 aromatic heterocycles. The summed E-state index contributed by atoms with van der Waals surface area (Å²) in [4.78, 5) is 8.07. The maximum absolute atomic E-state index is 6.13. The first-order chi connectivity index (χ1) is 8.59. The second kappa shape index (κ2) is 5.74. The molecule has 2 rings (SSSR count). The highest BCUT2D eigenvalue weighted by molar-refractivity contribution is 6.35. The van der Waals surface area contributed by atoms with Crippen LogP contribution in [-0.2, 0) is 0 Å². The molecular formula is C13H21ClN4. The minimum atomic E-state index is 0.339. The number of hydrogen-bond acceptors (Lipinski definition) is 4. The van der Waals surface area contributed by atoms with Crippen LogP contribution in [0.15, 0.2) is 6.33 Å². The lowest BCUT2D eigenvalue weighted by Crippen LogP contribution is -2.35. The monoisotopic (exact) mass is 268 g/mol. The van der Waals surface area contributed by atoms with Crippen LogP contribution in [0.4, 0.5) is 11.6 Å². The molecule has 1 saturated carbocycles. The lowest BCUT2D eigenvalue weighted by Gasteiger charge is -2.35. The van der Waals surface area contributed by atoms with Crippen molar-refractivity contribution in [3.05, 3.63) is 11.3 Å². The number of aromatic nitrogens is 2. The Morgan fingerprint density at radius 2 is 2.06 bits per heavy atom. The van der Waals surface area contributed by atoms with Crippen molar-refractivity contribution in [1.82, 2.24) is 9.97 Å². The summed E-state index contributed by atoms with van der Waals surface area (Å²) in [6.07, 6.45) is 6.48. The van der Waals surface area contributed by atoms with Gasteiger partial charge in [-0.25, -0.2) is 9.97 Å². The van der Waals surface area contributed by atoms with Crippen molar-refractivity contribution in [3.8, 4) is 0 Å². The van der Waals surface area contributed by atoms with Crippen LogP contribution in [0, 0.1) is 11.8 Å². The summed E-state index contributed by atoms with van der Waals surface area (Å²) in [5.74, 6) is 2.35. The molecule has 0 radical (unpaired) electrons. The Morgan fingerprint density at radius 1 is 1.33 bits per heavy atom. The Hall–Kier alpha value is -1.03. The van der Waals surface area contributed by atoms with Crippen molar-refractivity contribution in [2.45, 2.75) is 45.6 Å². The number of halogens is 1. The zero-order valence-corrected chi connectivity index (χ0v) is 11.7. The highest BCUT2D eigenvalue weighted by atomic mass is 35.5. The molecule has 2 atom stereocenters. The first-order valence-corrected chi connectivity index (χ1v) is 7.00. The molecule has 1 heterocycles. The Labute approximate surface area is 113 Å². The summed E-state index contributed by atoms with van der Waals surface area (Å²) in [5, 5.41) is 3.89. The van der Waals surface area contributed by atoms with E-state index in [1.165, 1.54) is 32.0 Å². The first-order valence-electron chi connectivity index (χ1n) is 6.62. The number of nitrogens with one attached hydrogen (secondary N) is 1. The quantitative estimate of drug-likeness (QED) is 0.883. The highest BCUT2D eigenvalue weighted by Crippen LogP contribution is 2.33. The lowest BCUT2D eigenvalue weighted by atomic mass is 9.78. The lowest BCUT2D eigenvalue weighted by molar-refractivity contribution is 0.253. The third kappa shape index (κ3) is 2.86. The minimum Gasteiger partial charge on any atom is -0.382 e. The first kappa shape index (κ1) is 13.4. The second-order valence-electron chi connectivity index (χ2n) is 5.36. The van der Waals surface area contributed by atoms with E-state index in [4.69, 9.17) is 17.3 Å². The summed E-state index contributed by atoms with van der Waals surface area (Å²) < 4.78 is 0. The fourth-order valence-electron chi connectivity index (χ4n) is 2.80. The van der Waals surface area contributed by atoms with Crippen LogP contribution in [0.5, 0.6) is 0 Å². The van der Waals surface area contributed by atoms with Gasteiger partial charge in [0.1, 0.15) is 17.2 Å². The normalized spacial score (nSPS) is 24.2.